The van der Waals surface area contributed by atoms with E-state index in [0.29, 0.717) is 23.7 Å². The van der Waals surface area contributed by atoms with Crippen molar-refractivity contribution < 1.29 is 0 Å². The van der Waals surface area contributed by atoms with Crippen molar-refractivity contribution in [3.63, 3.8) is 0 Å². The van der Waals surface area contributed by atoms with Crippen molar-refractivity contribution in [1.29, 1.82) is 0 Å². The van der Waals surface area contributed by atoms with E-state index in [1.54, 1.807) is 0 Å². The molecule has 3 aromatic carbocycles. The van der Waals surface area contributed by atoms with Crippen LogP contribution in [0.25, 0.3) is 0 Å². The van der Waals surface area contributed by atoms with Gasteiger partial charge in [0.1, 0.15) is 0 Å². The summed E-state index contributed by atoms with van der Waals surface area (Å²) in [5.74, 6) is 1.29. The topological polar surface area (TPSA) is 35.6 Å². The van der Waals surface area contributed by atoms with Crippen LogP contribution in [-0.2, 0) is 0 Å². The maximum Gasteiger partial charge on any atom is 0.170 e. The zero-order valence-corrected chi connectivity index (χ0v) is 28.3. The van der Waals surface area contributed by atoms with E-state index in [9.17, 15) is 0 Å². The van der Waals surface area contributed by atoms with E-state index in [4.69, 9.17) is 10.2 Å². The lowest BCUT2D eigenvalue weighted by molar-refractivity contribution is 0.376. The van der Waals surface area contributed by atoms with Crippen LogP contribution < -0.4 is 0 Å². The molecule has 0 N–H and O–H groups in total. The second-order valence-corrected chi connectivity index (χ2v) is 14.6. The molecule has 0 bridgehead atoms. The van der Waals surface area contributed by atoms with Crippen molar-refractivity contribution in [2.45, 2.75) is 105 Å². The molecule has 5 rings (SSSR count). The van der Waals surface area contributed by atoms with Crippen LogP contribution in [0.5, 0.6) is 0 Å². The molecule has 0 spiro atoms. The largest absolute Gasteiger partial charge is 0.240 e. The Morgan fingerprint density at radius 3 is 1.42 bits per heavy atom. The van der Waals surface area contributed by atoms with Gasteiger partial charge in [0.05, 0.1) is 11.4 Å². The molecule has 0 atom stereocenters. The van der Waals surface area contributed by atoms with E-state index >= 15 is 0 Å². The molecular formula is C37H44N4S2. The van der Waals surface area contributed by atoms with E-state index in [2.05, 4.69) is 156 Å². The normalized spacial score (nSPS) is 12.0. The summed E-state index contributed by atoms with van der Waals surface area (Å²) in [6.45, 7) is 17.9. The molecule has 0 aliphatic heterocycles. The first kappa shape index (κ1) is 31.2. The molecule has 224 valence electrons. The molecule has 0 saturated carbocycles. The zero-order chi connectivity index (χ0) is 30.7. The van der Waals surface area contributed by atoms with Crippen LogP contribution in [0.4, 0.5) is 0 Å². The molecule has 0 radical (unpaired) electrons. The molecular weight excluding hydrogens is 565 g/mol. The smallest absolute Gasteiger partial charge is 0.170 e. The first-order valence-corrected chi connectivity index (χ1v) is 17.0. The minimum absolute atomic E-state index is 0.215. The number of benzene rings is 3. The fourth-order valence-electron chi connectivity index (χ4n) is 5.18. The average molecular weight is 609 g/mol. The maximum atomic E-state index is 5.30. The number of aromatic nitrogens is 4. The van der Waals surface area contributed by atoms with Gasteiger partial charge < -0.3 is 0 Å². The van der Waals surface area contributed by atoms with Crippen LogP contribution in [0.15, 0.2) is 111 Å². The minimum Gasteiger partial charge on any atom is -0.240 e. The Balaban J connectivity index is 1.69. The second kappa shape index (κ2) is 13.6. The van der Waals surface area contributed by atoms with E-state index < -0.39 is 0 Å². The van der Waals surface area contributed by atoms with Gasteiger partial charge in [-0.1, -0.05) is 127 Å². The SMILES string of the molecule is CC(C)c1cc(C(C)C)n(C(c2ccccc2Sc2ccccc2Sc2ccccc2)n2nc(C(C)C)cc2C(C)C)n1. The molecule has 6 heteroatoms. The number of nitrogens with zero attached hydrogens (tertiary/aromatic N) is 4. The lowest BCUT2D eigenvalue weighted by Gasteiger charge is -2.27. The third-order valence-electron chi connectivity index (χ3n) is 7.63. The van der Waals surface area contributed by atoms with Crippen molar-refractivity contribution in [2.24, 2.45) is 0 Å². The monoisotopic (exact) mass is 608 g/mol. The van der Waals surface area contributed by atoms with Crippen molar-refractivity contribution in [2.75, 3.05) is 0 Å². The molecule has 0 aliphatic carbocycles. The predicted octanol–water partition coefficient (Wildman–Crippen LogP) is 11.0. The Kier molecular flexibility index (Phi) is 9.88. The minimum atomic E-state index is -0.215. The van der Waals surface area contributed by atoms with E-state index in [0.717, 1.165) is 11.4 Å². The highest BCUT2D eigenvalue weighted by Gasteiger charge is 2.29. The molecule has 0 unspecified atom stereocenters. The molecule has 2 heterocycles. The first-order chi connectivity index (χ1) is 20.6. The molecule has 5 aromatic rings. The summed E-state index contributed by atoms with van der Waals surface area (Å²) in [6.07, 6.45) is -0.215. The van der Waals surface area contributed by atoms with Crippen molar-refractivity contribution in [3.8, 4) is 0 Å². The van der Waals surface area contributed by atoms with E-state index in [1.165, 1.54) is 36.5 Å². The maximum absolute atomic E-state index is 5.30. The summed E-state index contributed by atoms with van der Waals surface area (Å²) in [6, 6.07) is 32.7. The number of hydrogen-bond donors (Lipinski definition) is 0. The van der Waals surface area contributed by atoms with Gasteiger partial charge >= 0.3 is 0 Å². The highest BCUT2D eigenvalue weighted by Crippen LogP contribution is 2.42. The van der Waals surface area contributed by atoms with Gasteiger partial charge in [0.25, 0.3) is 0 Å². The van der Waals surface area contributed by atoms with Gasteiger partial charge in [0, 0.05) is 36.5 Å². The molecule has 2 aromatic heterocycles. The second-order valence-electron chi connectivity index (χ2n) is 12.4. The lowest BCUT2D eigenvalue weighted by Crippen LogP contribution is -2.27. The summed E-state index contributed by atoms with van der Waals surface area (Å²) in [4.78, 5) is 4.93. The zero-order valence-electron chi connectivity index (χ0n) is 26.7. The summed E-state index contributed by atoms with van der Waals surface area (Å²) >= 11 is 3.64. The summed E-state index contributed by atoms with van der Waals surface area (Å²) < 4.78 is 4.51. The Morgan fingerprint density at radius 1 is 0.488 bits per heavy atom. The highest BCUT2D eigenvalue weighted by molar-refractivity contribution is 8.02. The van der Waals surface area contributed by atoms with Crippen LogP contribution in [0, 0.1) is 0 Å². The van der Waals surface area contributed by atoms with Crippen molar-refractivity contribution in [1.82, 2.24) is 19.6 Å². The van der Waals surface area contributed by atoms with Crippen LogP contribution >= 0.6 is 23.5 Å². The third kappa shape index (κ3) is 6.97. The Labute approximate surface area is 266 Å². The fraction of sp³-hybridized carbons (Fsp3) is 0.351. The molecule has 4 nitrogen and oxygen atoms in total. The van der Waals surface area contributed by atoms with Crippen LogP contribution in [0.1, 0.15) is 114 Å². The fourth-order valence-corrected chi connectivity index (χ4v) is 7.28. The quantitative estimate of drug-likeness (QED) is 0.149. The first-order valence-electron chi connectivity index (χ1n) is 15.4. The Bertz CT molecular complexity index is 1590. The average Bonchev–Trinajstić information content (AvgIpc) is 3.62. The lowest BCUT2D eigenvalue weighted by atomic mass is 10.1. The van der Waals surface area contributed by atoms with Crippen molar-refractivity contribution in [3.05, 3.63) is 119 Å². The summed E-state index contributed by atoms with van der Waals surface area (Å²) in [5.41, 5.74) is 5.89. The predicted molar refractivity (Wildman–Crippen MR) is 182 cm³/mol. The molecule has 0 fully saturated rings. The molecule has 0 saturated heterocycles. The van der Waals surface area contributed by atoms with Crippen LogP contribution in [0.3, 0.4) is 0 Å². The highest BCUT2D eigenvalue weighted by atomic mass is 32.2. The van der Waals surface area contributed by atoms with Gasteiger partial charge in [0.2, 0.25) is 0 Å². The van der Waals surface area contributed by atoms with Gasteiger partial charge in [-0.25, -0.2) is 9.36 Å². The summed E-state index contributed by atoms with van der Waals surface area (Å²) in [5, 5.41) is 10.6. The summed E-state index contributed by atoms with van der Waals surface area (Å²) in [7, 11) is 0. The van der Waals surface area contributed by atoms with Gasteiger partial charge in [-0.2, -0.15) is 10.2 Å². The molecule has 43 heavy (non-hydrogen) atoms. The van der Waals surface area contributed by atoms with E-state index in [-0.39, 0.29) is 6.17 Å². The standard InChI is InChI=1S/C37H44N4S2/c1-24(2)30-22-32(26(5)6)40(38-30)37(41-33(27(7)8)23-31(39-41)25(3)4)29-18-12-13-19-34(29)43-36-21-15-14-20-35(36)42-28-16-10-9-11-17-28/h9-27,37H,1-8H3. The van der Waals surface area contributed by atoms with Gasteiger partial charge in [-0.15, -0.1) is 0 Å². The van der Waals surface area contributed by atoms with Crippen LogP contribution in [0.2, 0.25) is 0 Å². The third-order valence-corrected chi connectivity index (χ3v) is 10.0. The Morgan fingerprint density at radius 2 is 0.930 bits per heavy atom. The van der Waals surface area contributed by atoms with Crippen molar-refractivity contribution >= 4 is 23.5 Å². The Hall–Kier alpha value is -3.22. The van der Waals surface area contributed by atoms with E-state index in [1.807, 2.05) is 23.5 Å². The molecule has 0 amide bonds. The van der Waals surface area contributed by atoms with Gasteiger partial charge in [-0.3, -0.25) is 0 Å². The molecule has 0 aliphatic rings. The van der Waals surface area contributed by atoms with Gasteiger partial charge in [0.15, 0.2) is 6.17 Å². The van der Waals surface area contributed by atoms with Crippen LogP contribution in [-0.4, -0.2) is 19.6 Å². The number of rotatable bonds is 11. The van der Waals surface area contributed by atoms with Gasteiger partial charge in [-0.05, 0) is 66.1 Å². The number of hydrogen-bond acceptors (Lipinski definition) is 4.